The molecule has 33 heavy (non-hydrogen) atoms. The molecule has 1 aromatic heterocycles. The van der Waals surface area contributed by atoms with Crippen molar-refractivity contribution in [1.29, 1.82) is 0 Å². The van der Waals surface area contributed by atoms with Gasteiger partial charge in [-0.05, 0) is 60.4 Å². The van der Waals surface area contributed by atoms with Gasteiger partial charge in [0.15, 0.2) is 0 Å². The second-order valence-electron chi connectivity index (χ2n) is 8.32. The first-order valence-corrected chi connectivity index (χ1v) is 10.9. The molecule has 1 atom stereocenters. The van der Waals surface area contributed by atoms with Gasteiger partial charge in [-0.2, -0.15) is 5.10 Å². The van der Waals surface area contributed by atoms with Crippen LogP contribution in [-0.4, -0.2) is 26.1 Å². The van der Waals surface area contributed by atoms with Gasteiger partial charge < -0.3 is 10.0 Å². The van der Waals surface area contributed by atoms with Gasteiger partial charge in [-0.25, -0.2) is 4.39 Å². The summed E-state index contributed by atoms with van der Waals surface area (Å²) in [7, 11) is 0. The quantitative estimate of drug-likeness (QED) is 0.395. The highest BCUT2D eigenvalue weighted by atomic mass is 35.5. The largest absolute Gasteiger partial charge is 0.507 e. The summed E-state index contributed by atoms with van der Waals surface area (Å²) in [5.74, 6) is -0.501. The van der Waals surface area contributed by atoms with E-state index in [9.17, 15) is 14.3 Å². The van der Waals surface area contributed by atoms with E-state index < -0.39 is 6.04 Å². The van der Waals surface area contributed by atoms with Crippen molar-refractivity contribution < 1.29 is 14.3 Å². The van der Waals surface area contributed by atoms with Crippen LogP contribution in [0.4, 0.5) is 4.39 Å². The molecule has 0 saturated carbocycles. The Balaban J connectivity index is 1.70. The number of hydrogen-bond donors (Lipinski definition) is 2. The van der Waals surface area contributed by atoms with Crippen molar-refractivity contribution in [2.45, 2.75) is 26.4 Å². The van der Waals surface area contributed by atoms with Crippen LogP contribution in [0.3, 0.4) is 0 Å². The summed E-state index contributed by atoms with van der Waals surface area (Å²) >= 11 is 6.39. The fourth-order valence-electron chi connectivity index (χ4n) is 4.61. The van der Waals surface area contributed by atoms with E-state index in [0.29, 0.717) is 27.5 Å². The molecule has 1 aliphatic rings. The lowest BCUT2D eigenvalue weighted by atomic mass is 9.93. The van der Waals surface area contributed by atoms with Crippen LogP contribution in [0.5, 0.6) is 5.75 Å². The molecule has 1 amide bonds. The van der Waals surface area contributed by atoms with E-state index in [0.717, 1.165) is 22.3 Å². The van der Waals surface area contributed by atoms with Crippen LogP contribution in [0.1, 0.15) is 44.3 Å². The molecule has 2 N–H and O–H groups in total. The first-order valence-electron chi connectivity index (χ1n) is 10.5. The van der Waals surface area contributed by atoms with Crippen LogP contribution in [0.15, 0.2) is 60.7 Å². The number of phenolic OH excluding ortho intramolecular Hbond substituents is 1. The number of amides is 1. The average Bonchev–Trinajstić information content (AvgIpc) is 3.29. The van der Waals surface area contributed by atoms with Crippen molar-refractivity contribution in [3.05, 3.63) is 105 Å². The van der Waals surface area contributed by atoms with Gasteiger partial charge in [0.1, 0.15) is 23.0 Å². The fraction of sp³-hybridized carbons (Fsp3) is 0.154. The maximum absolute atomic E-state index is 13.7. The highest BCUT2D eigenvalue weighted by Crippen LogP contribution is 2.46. The Bertz CT molecular complexity index is 1360. The second-order valence-corrected chi connectivity index (χ2v) is 8.72. The van der Waals surface area contributed by atoms with E-state index in [1.165, 1.54) is 12.1 Å². The summed E-state index contributed by atoms with van der Waals surface area (Å²) < 4.78 is 13.7. The number of aromatic amines is 1. The van der Waals surface area contributed by atoms with Gasteiger partial charge in [0, 0.05) is 22.7 Å². The fourth-order valence-corrected chi connectivity index (χ4v) is 4.80. The number of phenols is 1. The van der Waals surface area contributed by atoms with Crippen LogP contribution >= 0.6 is 11.6 Å². The standard InChI is InChI=1S/C26H21ClFN3O2/c1-14-11-15(2)21(20(32)12-14)23-22-24(30-29-23)26(33)31(13-17-5-3-4-6-19(17)27)25(22)16-7-9-18(28)10-8-16/h3-12,25,32H,13H2,1-2H3,(H,29,30). The average molecular weight is 462 g/mol. The van der Waals surface area contributed by atoms with Crippen LogP contribution < -0.4 is 0 Å². The zero-order chi connectivity index (χ0) is 23.3. The molecule has 0 aliphatic carbocycles. The molecule has 5 rings (SSSR count). The normalized spacial score (nSPS) is 15.2. The van der Waals surface area contributed by atoms with E-state index in [4.69, 9.17) is 11.6 Å². The minimum atomic E-state index is -0.529. The number of rotatable bonds is 4. The first kappa shape index (κ1) is 21.2. The molecule has 0 spiro atoms. The topological polar surface area (TPSA) is 69.2 Å². The SMILES string of the molecule is Cc1cc(C)c(-c2n[nH]c3c2C(c2ccc(F)cc2)N(Cc2ccccc2Cl)C3=O)c(O)c1. The molecule has 3 aromatic carbocycles. The van der Waals surface area contributed by atoms with Crippen LogP contribution in [0, 0.1) is 19.7 Å². The maximum Gasteiger partial charge on any atom is 0.273 e. The Labute approximate surface area is 195 Å². The molecule has 1 aliphatic heterocycles. The van der Waals surface area contributed by atoms with Crippen molar-refractivity contribution in [2.24, 2.45) is 0 Å². The van der Waals surface area contributed by atoms with Gasteiger partial charge in [-0.1, -0.05) is 48.0 Å². The van der Waals surface area contributed by atoms with Crippen molar-refractivity contribution in [2.75, 3.05) is 0 Å². The molecular weight excluding hydrogens is 441 g/mol. The number of nitrogens with zero attached hydrogens (tertiary/aromatic N) is 2. The van der Waals surface area contributed by atoms with Crippen LogP contribution in [-0.2, 0) is 6.54 Å². The van der Waals surface area contributed by atoms with E-state index in [2.05, 4.69) is 10.2 Å². The van der Waals surface area contributed by atoms with Crippen LogP contribution in [0.25, 0.3) is 11.3 Å². The molecule has 0 radical (unpaired) electrons. The zero-order valence-corrected chi connectivity index (χ0v) is 18.8. The molecule has 0 fully saturated rings. The van der Waals surface area contributed by atoms with Crippen molar-refractivity contribution in [1.82, 2.24) is 15.1 Å². The number of nitrogens with one attached hydrogen (secondary N) is 1. The molecule has 4 aromatic rings. The second kappa shape index (κ2) is 8.05. The highest BCUT2D eigenvalue weighted by molar-refractivity contribution is 6.31. The molecule has 1 unspecified atom stereocenters. The Morgan fingerprint density at radius 1 is 1.12 bits per heavy atom. The molecule has 7 heteroatoms. The van der Waals surface area contributed by atoms with E-state index in [-0.39, 0.29) is 24.0 Å². The lowest BCUT2D eigenvalue weighted by molar-refractivity contribution is 0.0730. The predicted octanol–water partition coefficient (Wildman–Crippen LogP) is 5.94. The van der Waals surface area contributed by atoms with E-state index in [1.807, 2.05) is 38.1 Å². The number of hydrogen-bond acceptors (Lipinski definition) is 3. The number of aromatic hydroxyl groups is 1. The molecule has 0 bridgehead atoms. The summed E-state index contributed by atoms with van der Waals surface area (Å²) in [6.07, 6.45) is 0. The van der Waals surface area contributed by atoms with Gasteiger partial charge in [0.25, 0.3) is 5.91 Å². The van der Waals surface area contributed by atoms with Gasteiger partial charge in [-0.15, -0.1) is 0 Å². The lowest BCUT2D eigenvalue weighted by Gasteiger charge is -2.27. The lowest BCUT2D eigenvalue weighted by Crippen LogP contribution is -2.29. The third kappa shape index (κ3) is 3.56. The van der Waals surface area contributed by atoms with Gasteiger partial charge in [-0.3, -0.25) is 9.89 Å². The Hall–Kier alpha value is -3.64. The van der Waals surface area contributed by atoms with E-state index in [1.54, 1.807) is 29.2 Å². The van der Waals surface area contributed by atoms with Crippen LogP contribution in [0.2, 0.25) is 5.02 Å². The smallest absolute Gasteiger partial charge is 0.273 e. The number of benzene rings is 3. The number of aryl methyl sites for hydroxylation is 2. The first-order chi connectivity index (χ1) is 15.8. The number of carbonyl (C=O) groups excluding carboxylic acids is 1. The predicted molar refractivity (Wildman–Crippen MR) is 125 cm³/mol. The summed E-state index contributed by atoms with van der Waals surface area (Å²) in [5, 5.41) is 18.6. The highest BCUT2D eigenvalue weighted by Gasteiger charge is 2.43. The summed E-state index contributed by atoms with van der Waals surface area (Å²) in [6, 6.07) is 16.6. The van der Waals surface area contributed by atoms with Gasteiger partial charge in [0.2, 0.25) is 0 Å². The number of H-pyrrole nitrogens is 1. The monoisotopic (exact) mass is 461 g/mol. The Morgan fingerprint density at radius 2 is 1.85 bits per heavy atom. The summed E-state index contributed by atoms with van der Waals surface area (Å²) in [6.45, 7) is 4.07. The molecule has 166 valence electrons. The third-order valence-corrected chi connectivity index (χ3v) is 6.41. The summed E-state index contributed by atoms with van der Waals surface area (Å²) in [4.78, 5) is 15.2. The molecule has 0 saturated heterocycles. The third-order valence-electron chi connectivity index (χ3n) is 6.04. The van der Waals surface area contributed by atoms with Crippen molar-refractivity contribution >= 4 is 17.5 Å². The van der Waals surface area contributed by atoms with Gasteiger partial charge >= 0.3 is 0 Å². The minimum Gasteiger partial charge on any atom is -0.507 e. The molecular formula is C26H21ClFN3O2. The molecule has 2 heterocycles. The Morgan fingerprint density at radius 3 is 2.55 bits per heavy atom. The van der Waals surface area contributed by atoms with Crippen molar-refractivity contribution in [3.63, 3.8) is 0 Å². The number of carbonyl (C=O) groups is 1. The van der Waals surface area contributed by atoms with Crippen molar-refractivity contribution in [3.8, 4) is 17.0 Å². The minimum absolute atomic E-state index is 0.0941. The van der Waals surface area contributed by atoms with E-state index >= 15 is 0 Å². The zero-order valence-electron chi connectivity index (χ0n) is 18.1. The number of fused-ring (bicyclic) bond motifs is 1. The number of halogens is 2. The van der Waals surface area contributed by atoms with Gasteiger partial charge in [0.05, 0.1) is 6.04 Å². The maximum atomic E-state index is 13.7. The Kier molecular flexibility index (Phi) is 5.17. The number of aromatic nitrogens is 2. The molecule has 5 nitrogen and oxygen atoms in total. The summed E-state index contributed by atoms with van der Waals surface area (Å²) in [5.41, 5.74) is 5.38.